The molecule has 0 aliphatic rings. The Morgan fingerprint density at radius 1 is 0.357 bits per heavy atom. The number of fused-ring (bicyclic) bond motifs is 4. The number of hydrogen-bond acceptors (Lipinski definition) is 0. The van der Waals surface area contributed by atoms with Gasteiger partial charge in [0.1, 0.15) is 0 Å². The third kappa shape index (κ3) is 6.02. The molecule has 0 heterocycles. The van der Waals surface area contributed by atoms with Crippen molar-refractivity contribution in [3.63, 3.8) is 0 Å². The molecule has 0 aliphatic carbocycles. The molecule has 0 spiro atoms. The van der Waals surface area contributed by atoms with E-state index in [2.05, 4.69) is 165 Å². The summed E-state index contributed by atoms with van der Waals surface area (Å²) in [6.07, 6.45) is 0. The molecule has 0 nitrogen and oxygen atoms in total. The van der Waals surface area contributed by atoms with Gasteiger partial charge in [-0.1, -0.05) is 108 Å². The third-order valence-corrected chi connectivity index (χ3v) is 7.52. The van der Waals surface area contributed by atoms with E-state index in [0.29, 0.717) is 0 Å². The number of rotatable bonds is 2. The summed E-state index contributed by atoms with van der Waals surface area (Å²) < 4.78 is 0. The van der Waals surface area contributed by atoms with Crippen LogP contribution < -0.4 is 0 Å². The Hall–Kier alpha value is -3.84. The van der Waals surface area contributed by atoms with E-state index in [0.717, 1.165) is 0 Å². The summed E-state index contributed by atoms with van der Waals surface area (Å²) in [6, 6.07) is 56.2. The van der Waals surface area contributed by atoms with Crippen molar-refractivity contribution in [1.29, 1.82) is 0 Å². The number of benzene rings is 6. The fourth-order valence-corrected chi connectivity index (χ4v) is 5.72. The maximum absolute atomic E-state index is 3.06. The Labute approximate surface area is 266 Å². The Morgan fingerprint density at radius 3 is 1.12 bits per heavy atom. The fourth-order valence-electron chi connectivity index (χ4n) is 5.72. The van der Waals surface area contributed by atoms with E-state index in [9.17, 15) is 0 Å². The predicted molar refractivity (Wildman–Crippen MR) is 184 cm³/mol. The first-order valence-electron chi connectivity index (χ1n) is 13.4. The fraction of sp³-hybridized carbons (Fsp3) is 0. The zero-order valence-corrected chi connectivity index (χ0v) is 27.5. The molecule has 0 amide bonds. The maximum Gasteiger partial charge on any atom is -0.0114 e. The van der Waals surface area contributed by atoms with Gasteiger partial charge in [-0.25, -0.2) is 0 Å². The van der Waals surface area contributed by atoms with Crippen molar-refractivity contribution in [1.82, 2.24) is 0 Å². The maximum atomic E-state index is 3.06. The Kier molecular flexibility index (Phi) is 10.6. The molecule has 8 aromatic carbocycles. The molecule has 0 aliphatic heterocycles. The molecule has 0 atom stereocenters. The normalized spacial score (nSPS) is 10.2. The second kappa shape index (κ2) is 14.4. The molecule has 0 aromatic heterocycles. The quantitative estimate of drug-likeness (QED) is 0.132. The first kappa shape index (κ1) is 31.1. The average Bonchev–Trinajstić information content (AvgIpc) is 3.72. The van der Waals surface area contributed by atoms with Crippen molar-refractivity contribution >= 4 is 50.0 Å². The minimum Gasteiger partial charge on any atom is -0.168 e. The molecule has 8 rings (SSSR count). The second-order valence-corrected chi connectivity index (χ2v) is 9.72. The standard InChI is InChI=1S/2C19H13.2CH3.Si.Zr/c2*1-2-10-16-14(6-1)8-4-12-18(16)19-13-5-9-15-7-3-11-17(15)19;;;;/h2*1-13H;2*1H3;;/q4*-1;;. The molecule has 2 heteroatoms. The van der Waals surface area contributed by atoms with Crippen molar-refractivity contribution in [2.24, 2.45) is 0 Å². The molecular formula is C40H32SiZr-4. The van der Waals surface area contributed by atoms with Crippen LogP contribution >= 0.6 is 0 Å². The van der Waals surface area contributed by atoms with Gasteiger partial charge in [-0.15, -0.1) is 57.9 Å². The Balaban J connectivity index is 0.000000174. The summed E-state index contributed by atoms with van der Waals surface area (Å²) >= 11 is 1.36. The summed E-state index contributed by atoms with van der Waals surface area (Å²) in [4.78, 5) is 0. The molecule has 8 aromatic rings. The summed E-state index contributed by atoms with van der Waals surface area (Å²) in [7, 11) is 0. The molecular weight excluding hydrogens is 600 g/mol. The monoisotopic (exact) mass is 630 g/mol. The SMILES string of the molecule is [CH3-].[CH3-].[Si]=[Zr].c1ccc2c(-c3cccc4[cH-]ccc34)cccc2c1.c1ccc2c(-c3cccc4[cH-]ccc34)cccc2c1. The van der Waals surface area contributed by atoms with Crippen LogP contribution in [0.2, 0.25) is 0 Å². The van der Waals surface area contributed by atoms with Gasteiger partial charge in [0.2, 0.25) is 0 Å². The van der Waals surface area contributed by atoms with Gasteiger partial charge >= 0.3 is 30.2 Å². The average molecular weight is 632 g/mol. The smallest absolute Gasteiger partial charge is 0.0114 e. The van der Waals surface area contributed by atoms with Gasteiger partial charge in [-0.05, 0) is 32.7 Å². The molecule has 0 saturated heterocycles. The zero-order valence-electron chi connectivity index (χ0n) is 24.0. The van der Waals surface area contributed by atoms with E-state index >= 15 is 0 Å². The van der Waals surface area contributed by atoms with Crippen LogP contribution in [0.1, 0.15) is 0 Å². The van der Waals surface area contributed by atoms with Crippen molar-refractivity contribution in [2.75, 3.05) is 0 Å². The van der Waals surface area contributed by atoms with Gasteiger partial charge < -0.3 is 14.9 Å². The van der Waals surface area contributed by atoms with E-state index in [1.54, 1.807) is 0 Å². The Morgan fingerprint density at radius 2 is 0.690 bits per heavy atom. The minimum absolute atomic E-state index is 0. The number of hydrogen-bond donors (Lipinski definition) is 0. The van der Waals surface area contributed by atoms with Crippen LogP contribution in [0.15, 0.2) is 158 Å². The largest absolute Gasteiger partial charge is 0.168 e. The predicted octanol–water partition coefficient (Wildman–Crippen LogP) is 11.3. The van der Waals surface area contributed by atoms with Crippen molar-refractivity contribution < 1.29 is 23.3 Å². The van der Waals surface area contributed by atoms with Gasteiger partial charge in [0.15, 0.2) is 0 Å². The summed E-state index contributed by atoms with van der Waals surface area (Å²) in [5.41, 5.74) is 5.27. The van der Waals surface area contributed by atoms with Gasteiger partial charge in [0, 0.05) is 0 Å². The summed E-state index contributed by atoms with van der Waals surface area (Å²) in [6.45, 7) is 3.06. The molecule has 0 saturated carbocycles. The van der Waals surface area contributed by atoms with E-state index < -0.39 is 0 Å². The van der Waals surface area contributed by atoms with E-state index in [1.807, 2.05) is 0 Å². The third-order valence-electron chi connectivity index (χ3n) is 7.52. The second-order valence-electron chi connectivity index (χ2n) is 9.72. The molecule has 42 heavy (non-hydrogen) atoms. The van der Waals surface area contributed by atoms with Crippen LogP contribution in [0.25, 0.3) is 65.3 Å². The van der Waals surface area contributed by atoms with Crippen LogP contribution in [-0.2, 0) is 23.3 Å². The first-order chi connectivity index (χ1) is 19.9. The Bertz CT molecular complexity index is 1900. The molecule has 0 bridgehead atoms. The zero-order chi connectivity index (χ0) is 27.3. The van der Waals surface area contributed by atoms with Gasteiger partial charge in [-0.2, -0.15) is 24.3 Å². The van der Waals surface area contributed by atoms with Crippen molar-refractivity contribution in [3.05, 3.63) is 173 Å². The van der Waals surface area contributed by atoms with Gasteiger partial charge in [0.05, 0.1) is 0 Å². The van der Waals surface area contributed by atoms with Crippen LogP contribution in [0, 0.1) is 14.9 Å². The van der Waals surface area contributed by atoms with E-state index in [-0.39, 0.29) is 14.9 Å². The molecule has 0 N–H and O–H groups in total. The molecule has 0 unspecified atom stereocenters. The molecule has 0 fully saturated rings. The van der Waals surface area contributed by atoms with Crippen molar-refractivity contribution in [2.45, 2.75) is 0 Å². The van der Waals surface area contributed by atoms with E-state index in [1.165, 1.54) is 88.7 Å². The van der Waals surface area contributed by atoms with E-state index in [4.69, 9.17) is 0 Å². The van der Waals surface area contributed by atoms with Crippen LogP contribution in [0.4, 0.5) is 0 Å². The minimum atomic E-state index is 0. The summed E-state index contributed by atoms with van der Waals surface area (Å²) in [5, 5.41) is 10.5. The van der Waals surface area contributed by atoms with Gasteiger partial charge in [0.25, 0.3) is 0 Å². The van der Waals surface area contributed by atoms with Crippen LogP contribution in [-0.4, -0.2) is 6.88 Å². The summed E-state index contributed by atoms with van der Waals surface area (Å²) in [5.74, 6) is 0. The van der Waals surface area contributed by atoms with Gasteiger partial charge in [-0.3, -0.25) is 0 Å². The topological polar surface area (TPSA) is 0 Å². The molecule has 2 radical (unpaired) electrons. The molecule has 204 valence electrons. The van der Waals surface area contributed by atoms with Crippen molar-refractivity contribution in [3.8, 4) is 22.3 Å². The van der Waals surface area contributed by atoms with Crippen LogP contribution in [0.3, 0.4) is 0 Å². The first-order valence-corrected chi connectivity index (χ1v) is 17.6. The van der Waals surface area contributed by atoms with Crippen LogP contribution in [0.5, 0.6) is 0 Å².